The van der Waals surface area contributed by atoms with E-state index in [9.17, 15) is 0 Å². The largest absolute Gasteiger partial charge is 0.365 e. The summed E-state index contributed by atoms with van der Waals surface area (Å²) in [6.45, 7) is 1.67. The van der Waals surface area contributed by atoms with Crippen molar-refractivity contribution in [3.05, 3.63) is 0 Å². The molecule has 0 spiro atoms. The van der Waals surface area contributed by atoms with Crippen LogP contribution in [0.4, 0.5) is 0 Å². The maximum Gasteiger partial charge on any atom is 0.239 e. The summed E-state index contributed by atoms with van der Waals surface area (Å²) >= 11 is 0. The van der Waals surface area contributed by atoms with E-state index in [2.05, 4.69) is 15.4 Å². The molecule has 0 bridgehead atoms. The molecule has 3 N–H and O–H groups in total. The highest BCUT2D eigenvalue weighted by molar-refractivity contribution is 5.76. The first-order valence-corrected chi connectivity index (χ1v) is 1.94. The number of nitrogens with zero attached hydrogens (tertiary/aromatic N) is 2. The first kappa shape index (κ1) is 6.07. The average Bonchev–Trinajstić information content (AvgIpc) is 1.61. The van der Waals surface area contributed by atoms with E-state index in [1.54, 1.807) is 14.0 Å². The van der Waals surface area contributed by atoms with E-state index in [1.165, 1.54) is 0 Å². The molecule has 0 saturated heterocycles. The van der Waals surface area contributed by atoms with Crippen LogP contribution in [0.3, 0.4) is 0 Å². The van der Waals surface area contributed by atoms with Gasteiger partial charge in [-0.3, -0.25) is 0 Å². The Morgan fingerprint density at radius 2 is 2.29 bits per heavy atom. The van der Waals surface area contributed by atoms with Gasteiger partial charge >= 0.3 is 0 Å². The molecule has 4 heteroatoms. The van der Waals surface area contributed by atoms with E-state index in [4.69, 9.17) is 5.73 Å². The summed E-state index contributed by atoms with van der Waals surface area (Å²) in [7, 11) is 1.66. The van der Waals surface area contributed by atoms with Crippen LogP contribution in [0.25, 0.3) is 0 Å². The van der Waals surface area contributed by atoms with Crippen molar-refractivity contribution in [2.45, 2.75) is 6.92 Å². The Bertz CT molecular complexity index is 89.1. The van der Waals surface area contributed by atoms with Gasteiger partial charge in [0.15, 0.2) is 0 Å². The second-order valence-corrected chi connectivity index (χ2v) is 1.06. The lowest BCUT2D eigenvalue weighted by atomic mass is 10.7. The average molecular weight is 101 g/mol. The number of rotatable bonds is 1. The van der Waals surface area contributed by atoms with Gasteiger partial charge in [0.25, 0.3) is 0 Å². The summed E-state index contributed by atoms with van der Waals surface area (Å²) in [5.74, 6) is 0.453. The molecule has 0 unspecified atom stereocenters. The molecule has 0 heterocycles. The van der Waals surface area contributed by atoms with Crippen LogP contribution in [0.2, 0.25) is 0 Å². The lowest BCUT2D eigenvalue weighted by Gasteiger charge is -1.66. The quantitative estimate of drug-likeness (QED) is 0.178. The molecule has 0 aromatic heterocycles. The summed E-state index contributed by atoms with van der Waals surface area (Å²) in [6, 6.07) is 0. The number of hydrogen-bond donors (Lipinski definition) is 2. The van der Waals surface area contributed by atoms with Crippen LogP contribution in [-0.2, 0) is 0 Å². The topological polar surface area (TPSA) is 64.7 Å². The number of nitrogens with one attached hydrogen (secondary N) is 1. The summed E-state index contributed by atoms with van der Waals surface area (Å²) < 4.78 is 0. The van der Waals surface area contributed by atoms with Crippen LogP contribution in [0.5, 0.6) is 0 Å². The summed E-state index contributed by atoms with van der Waals surface area (Å²) in [4.78, 5) is 0. The molecule has 7 heavy (non-hydrogen) atoms. The molecular weight excluding hydrogens is 92.1 g/mol. The minimum Gasteiger partial charge on any atom is -0.365 e. The predicted octanol–water partition coefficient (Wildman–Crippen LogP) is -1.56. The summed E-state index contributed by atoms with van der Waals surface area (Å²) in [5.41, 5.74) is 5.09. The van der Waals surface area contributed by atoms with Crippen molar-refractivity contribution in [3.8, 4) is 0 Å². The fourth-order valence-electron chi connectivity index (χ4n) is 0.129. The van der Waals surface area contributed by atoms with Crippen LogP contribution in [0.1, 0.15) is 6.92 Å². The van der Waals surface area contributed by atoms with Crippen molar-refractivity contribution in [2.24, 2.45) is 16.1 Å². The van der Waals surface area contributed by atoms with Gasteiger partial charge < -0.3 is 5.73 Å². The van der Waals surface area contributed by atoms with E-state index in [1.807, 2.05) is 0 Å². The zero-order valence-electron chi connectivity index (χ0n) is 4.47. The van der Waals surface area contributed by atoms with Gasteiger partial charge in [-0.25, -0.2) is 0 Å². The maximum atomic E-state index is 5.09. The molecule has 0 radical (unpaired) electrons. The van der Waals surface area contributed by atoms with Crippen LogP contribution in [0.15, 0.2) is 10.3 Å². The lowest BCUT2D eigenvalue weighted by molar-refractivity contribution is -0.501. The zero-order chi connectivity index (χ0) is 5.70. The Kier molecular flexibility index (Phi) is 2.83. The predicted molar refractivity (Wildman–Crippen MR) is 26.6 cm³/mol. The fourth-order valence-corrected chi connectivity index (χ4v) is 0.129. The highest BCUT2D eigenvalue weighted by Crippen LogP contribution is 1.60. The number of amidine groups is 1. The molecule has 0 aliphatic carbocycles. The molecule has 0 aliphatic rings. The minimum atomic E-state index is 0.453. The van der Waals surface area contributed by atoms with E-state index >= 15 is 0 Å². The molecule has 0 rings (SSSR count). The fraction of sp³-hybridized carbons (Fsp3) is 0.667. The van der Waals surface area contributed by atoms with Gasteiger partial charge in [0.05, 0.1) is 12.1 Å². The molecule has 40 valence electrons. The van der Waals surface area contributed by atoms with Gasteiger partial charge in [-0.1, -0.05) is 0 Å². The number of nitrogens with two attached hydrogens (primary N) is 1. The van der Waals surface area contributed by atoms with Gasteiger partial charge in [0.1, 0.15) is 5.22 Å². The number of hydrogen-bond acceptors (Lipinski definition) is 1. The Hall–Kier alpha value is -0.930. The molecule has 0 atom stereocenters. The smallest absolute Gasteiger partial charge is 0.239 e. The van der Waals surface area contributed by atoms with Crippen molar-refractivity contribution in [1.29, 1.82) is 0 Å². The Balaban J connectivity index is 3.46. The standard InChI is InChI=1S/C3H8N4/c1-3(4)6-7-5-2/h1-2H3,(H2,4,5,6)/p+1. The third-order valence-electron chi connectivity index (χ3n) is 0.308. The molecule has 0 aliphatic heterocycles. The van der Waals surface area contributed by atoms with Crippen molar-refractivity contribution >= 4 is 5.84 Å². The van der Waals surface area contributed by atoms with Crippen molar-refractivity contribution in [3.63, 3.8) is 0 Å². The third kappa shape index (κ3) is 5.07. The van der Waals surface area contributed by atoms with Gasteiger partial charge in [-0.05, 0) is 0 Å². The normalized spacial score (nSPS) is 13.1. The molecule has 0 saturated carbocycles. The zero-order valence-corrected chi connectivity index (χ0v) is 4.47. The lowest BCUT2D eigenvalue weighted by Crippen LogP contribution is -2.58. The Labute approximate surface area is 42.1 Å². The van der Waals surface area contributed by atoms with E-state index in [0.29, 0.717) is 5.84 Å². The molecule has 0 aromatic carbocycles. The molecular formula is C3H9N4+. The molecule has 0 amide bonds. The van der Waals surface area contributed by atoms with E-state index < -0.39 is 0 Å². The van der Waals surface area contributed by atoms with Gasteiger partial charge in [-0.2, -0.15) is 5.11 Å². The van der Waals surface area contributed by atoms with Crippen molar-refractivity contribution in [2.75, 3.05) is 7.05 Å². The van der Waals surface area contributed by atoms with Gasteiger partial charge in [0, 0.05) is 6.92 Å². The highest BCUT2D eigenvalue weighted by atomic mass is 15.4. The first-order chi connectivity index (χ1) is 3.27. The molecule has 0 fully saturated rings. The van der Waals surface area contributed by atoms with Crippen molar-refractivity contribution < 1.29 is 5.11 Å². The SMILES string of the molecule is C[NH+]=N/N=C(/C)N. The summed E-state index contributed by atoms with van der Waals surface area (Å²) in [6.07, 6.45) is 0. The second kappa shape index (κ2) is 3.27. The van der Waals surface area contributed by atoms with Crippen LogP contribution in [-0.4, -0.2) is 12.9 Å². The highest BCUT2D eigenvalue weighted by Gasteiger charge is 1.80. The van der Waals surface area contributed by atoms with Gasteiger partial charge in [-0.15, -0.1) is 0 Å². The maximum absolute atomic E-state index is 5.09. The second-order valence-electron chi connectivity index (χ2n) is 1.06. The first-order valence-electron chi connectivity index (χ1n) is 1.94. The Morgan fingerprint density at radius 1 is 1.71 bits per heavy atom. The van der Waals surface area contributed by atoms with Crippen LogP contribution >= 0.6 is 0 Å². The van der Waals surface area contributed by atoms with Crippen LogP contribution < -0.4 is 10.8 Å². The van der Waals surface area contributed by atoms with Crippen molar-refractivity contribution in [1.82, 2.24) is 0 Å². The minimum absolute atomic E-state index is 0.453. The van der Waals surface area contributed by atoms with Gasteiger partial charge in [0.2, 0.25) is 5.84 Å². The molecule has 4 nitrogen and oxygen atoms in total. The molecule has 0 aromatic rings. The third-order valence-corrected chi connectivity index (χ3v) is 0.308. The van der Waals surface area contributed by atoms with Crippen LogP contribution in [0, 0.1) is 0 Å². The summed E-state index contributed by atoms with van der Waals surface area (Å²) in [5, 5.41) is 9.29. The monoisotopic (exact) mass is 101 g/mol. The van der Waals surface area contributed by atoms with E-state index in [0.717, 1.165) is 0 Å². The van der Waals surface area contributed by atoms with E-state index in [-0.39, 0.29) is 0 Å². The Morgan fingerprint density at radius 3 is 2.43 bits per heavy atom.